The van der Waals surface area contributed by atoms with Crippen molar-refractivity contribution in [1.29, 1.82) is 0 Å². The minimum atomic E-state index is 0.489. The first-order valence-electron chi connectivity index (χ1n) is 6.84. The minimum Gasteiger partial charge on any atom is -0.314 e. The molecule has 2 heteroatoms. The molecule has 0 amide bonds. The lowest BCUT2D eigenvalue weighted by atomic mass is 9.97. The van der Waals surface area contributed by atoms with E-state index in [1.165, 1.54) is 16.7 Å². The fourth-order valence-corrected chi connectivity index (χ4v) is 2.85. The van der Waals surface area contributed by atoms with Crippen LogP contribution in [0, 0.1) is 13.8 Å². The Labute approximate surface area is 111 Å². The van der Waals surface area contributed by atoms with Crippen molar-refractivity contribution in [2.45, 2.75) is 26.3 Å². The van der Waals surface area contributed by atoms with Gasteiger partial charge in [0.2, 0.25) is 0 Å². The van der Waals surface area contributed by atoms with E-state index in [4.69, 9.17) is 0 Å². The third-order valence-corrected chi connectivity index (χ3v) is 3.61. The Balaban J connectivity index is 2.24. The van der Waals surface area contributed by atoms with Crippen LogP contribution in [0.5, 0.6) is 0 Å². The number of nitrogens with zero attached hydrogens (tertiary/aromatic N) is 1. The molecule has 1 aliphatic rings. The summed E-state index contributed by atoms with van der Waals surface area (Å²) in [5, 5.41) is 3.42. The van der Waals surface area contributed by atoms with E-state index < -0.39 is 0 Å². The normalized spacial score (nSPS) is 18.6. The summed E-state index contributed by atoms with van der Waals surface area (Å²) in [6, 6.07) is 7.38. The molecule has 1 N–H and O–H groups in total. The van der Waals surface area contributed by atoms with Gasteiger partial charge in [0.15, 0.2) is 0 Å². The van der Waals surface area contributed by atoms with Crippen LogP contribution in [-0.4, -0.2) is 31.1 Å². The number of hydrogen-bond acceptors (Lipinski definition) is 2. The van der Waals surface area contributed by atoms with Crippen LogP contribution < -0.4 is 5.32 Å². The Kier molecular flexibility index (Phi) is 4.56. The number of benzene rings is 1. The van der Waals surface area contributed by atoms with Gasteiger partial charge in [0, 0.05) is 32.2 Å². The van der Waals surface area contributed by atoms with Crippen LogP contribution in [0.15, 0.2) is 30.9 Å². The number of hydrogen-bond donors (Lipinski definition) is 1. The molecule has 1 aliphatic heterocycles. The predicted molar refractivity (Wildman–Crippen MR) is 77.9 cm³/mol. The highest BCUT2D eigenvalue weighted by molar-refractivity contribution is 5.31. The highest BCUT2D eigenvalue weighted by Gasteiger charge is 2.21. The van der Waals surface area contributed by atoms with Crippen LogP contribution in [0.25, 0.3) is 0 Å². The van der Waals surface area contributed by atoms with Gasteiger partial charge in [-0.2, -0.15) is 0 Å². The Morgan fingerprint density at radius 3 is 2.39 bits per heavy atom. The topological polar surface area (TPSA) is 15.3 Å². The fraction of sp³-hybridized carbons (Fsp3) is 0.500. The maximum absolute atomic E-state index is 3.92. The zero-order chi connectivity index (χ0) is 13.0. The van der Waals surface area contributed by atoms with E-state index in [2.05, 4.69) is 48.8 Å². The summed E-state index contributed by atoms with van der Waals surface area (Å²) < 4.78 is 0. The Morgan fingerprint density at radius 2 is 1.83 bits per heavy atom. The summed E-state index contributed by atoms with van der Waals surface area (Å²) in [4.78, 5) is 2.58. The lowest BCUT2D eigenvalue weighted by Gasteiger charge is -2.35. The van der Waals surface area contributed by atoms with Gasteiger partial charge in [-0.3, -0.25) is 4.90 Å². The van der Waals surface area contributed by atoms with Crippen molar-refractivity contribution < 1.29 is 0 Å². The molecule has 98 valence electrons. The first kappa shape index (κ1) is 13.3. The highest BCUT2D eigenvalue weighted by Crippen LogP contribution is 2.26. The molecule has 0 bridgehead atoms. The molecular weight excluding hydrogens is 220 g/mol. The molecule has 2 rings (SSSR count). The van der Waals surface area contributed by atoms with Gasteiger partial charge in [-0.05, 0) is 25.8 Å². The molecule has 1 atom stereocenters. The average Bonchev–Trinajstić information content (AvgIpc) is 2.36. The third kappa shape index (κ3) is 3.21. The van der Waals surface area contributed by atoms with Crippen LogP contribution >= 0.6 is 0 Å². The van der Waals surface area contributed by atoms with Crippen LogP contribution in [0.2, 0.25) is 0 Å². The van der Waals surface area contributed by atoms with Crippen molar-refractivity contribution in [2.75, 3.05) is 26.2 Å². The Morgan fingerprint density at radius 1 is 1.22 bits per heavy atom. The van der Waals surface area contributed by atoms with Gasteiger partial charge in [-0.15, -0.1) is 6.58 Å². The second kappa shape index (κ2) is 6.17. The molecule has 1 aromatic carbocycles. The van der Waals surface area contributed by atoms with E-state index in [1.54, 1.807) is 0 Å². The lowest BCUT2D eigenvalue weighted by Crippen LogP contribution is -2.45. The van der Waals surface area contributed by atoms with E-state index in [-0.39, 0.29) is 0 Å². The summed E-state index contributed by atoms with van der Waals surface area (Å²) in [5.74, 6) is 0. The first-order valence-corrected chi connectivity index (χ1v) is 6.84. The second-order valence-corrected chi connectivity index (χ2v) is 5.25. The smallest absolute Gasteiger partial charge is 0.0383 e. The molecule has 18 heavy (non-hydrogen) atoms. The zero-order valence-corrected chi connectivity index (χ0v) is 11.6. The van der Waals surface area contributed by atoms with E-state index >= 15 is 0 Å². The van der Waals surface area contributed by atoms with Gasteiger partial charge in [0.05, 0.1) is 0 Å². The monoisotopic (exact) mass is 244 g/mol. The molecule has 1 heterocycles. The molecule has 0 aliphatic carbocycles. The number of aryl methyl sites for hydroxylation is 2. The molecule has 1 saturated heterocycles. The largest absolute Gasteiger partial charge is 0.314 e. The molecule has 0 unspecified atom stereocenters. The molecular formula is C16H24N2. The second-order valence-electron chi connectivity index (χ2n) is 5.25. The molecule has 1 fully saturated rings. The Hall–Kier alpha value is -1.12. The van der Waals surface area contributed by atoms with Crippen molar-refractivity contribution in [3.63, 3.8) is 0 Å². The minimum absolute atomic E-state index is 0.489. The van der Waals surface area contributed by atoms with Crippen molar-refractivity contribution in [3.05, 3.63) is 47.5 Å². The molecule has 0 radical (unpaired) electrons. The molecule has 0 saturated carbocycles. The van der Waals surface area contributed by atoms with Gasteiger partial charge in [-0.25, -0.2) is 0 Å². The lowest BCUT2D eigenvalue weighted by molar-refractivity contribution is 0.174. The average molecular weight is 244 g/mol. The van der Waals surface area contributed by atoms with Gasteiger partial charge in [-0.1, -0.05) is 35.4 Å². The SMILES string of the molecule is C=CC[C@H](c1cc(C)cc(C)c1)N1CCNCC1. The van der Waals surface area contributed by atoms with E-state index in [0.29, 0.717) is 6.04 Å². The summed E-state index contributed by atoms with van der Waals surface area (Å²) in [7, 11) is 0. The fourth-order valence-electron chi connectivity index (χ4n) is 2.85. The number of nitrogens with one attached hydrogen (secondary N) is 1. The molecule has 0 spiro atoms. The third-order valence-electron chi connectivity index (χ3n) is 3.61. The van der Waals surface area contributed by atoms with Crippen LogP contribution in [0.3, 0.4) is 0 Å². The molecule has 1 aromatic rings. The van der Waals surface area contributed by atoms with Crippen molar-refractivity contribution in [1.82, 2.24) is 10.2 Å². The van der Waals surface area contributed by atoms with Crippen molar-refractivity contribution in [3.8, 4) is 0 Å². The van der Waals surface area contributed by atoms with Crippen LogP contribution in [0.1, 0.15) is 29.2 Å². The number of piperazine rings is 1. The molecule has 0 aromatic heterocycles. The van der Waals surface area contributed by atoms with Crippen molar-refractivity contribution >= 4 is 0 Å². The van der Waals surface area contributed by atoms with Gasteiger partial charge < -0.3 is 5.32 Å². The van der Waals surface area contributed by atoms with Gasteiger partial charge in [0.25, 0.3) is 0 Å². The van der Waals surface area contributed by atoms with E-state index in [1.807, 2.05) is 6.08 Å². The van der Waals surface area contributed by atoms with Gasteiger partial charge in [0.1, 0.15) is 0 Å². The standard InChI is InChI=1S/C16H24N2/c1-4-5-16(18-8-6-17-7-9-18)15-11-13(2)10-14(3)12-15/h4,10-12,16-17H,1,5-9H2,2-3H3/t16-/m1/s1. The summed E-state index contributed by atoms with van der Waals surface area (Å²) in [6.45, 7) is 12.7. The number of rotatable bonds is 4. The van der Waals surface area contributed by atoms with E-state index in [0.717, 1.165) is 32.6 Å². The molecule has 2 nitrogen and oxygen atoms in total. The Bertz CT molecular complexity index is 385. The zero-order valence-electron chi connectivity index (χ0n) is 11.6. The van der Waals surface area contributed by atoms with Crippen LogP contribution in [-0.2, 0) is 0 Å². The van der Waals surface area contributed by atoms with Crippen molar-refractivity contribution in [2.24, 2.45) is 0 Å². The highest BCUT2D eigenvalue weighted by atomic mass is 15.2. The van der Waals surface area contributed by atoms with Gasteiger partial charge >= 0.3 is 0 Å². The van der Waals surface area contributed by atoms with E-state index in [9.17, 15) is 0 Å². The first-order chi connectivity index (χ1) is 8.70. The predicted octanol–water partition coefficient (Wildman–Crippen LogP) is 2.83. The summed E-state index contributed by atoms with van der Waals surface area (Å²) >= 11 is 0. The maximum Gasteiger partial charge on any atom is 0.0383 e. The summed E-state index contributed by atoms with van der Waals surface area (Å²) in [5.41, 5.74) is 4.15. The quantitative estimate of drug-likeness (QED) is 0.819. The summed E-state index contributed by atoms with van der Waals surface area (Å²) in [6.07, 6.45) is 3.08. The van der Waals surface area contributed by atoms with Crippen LogP contribution in [0.4, 0.5) is 0 Å². The maximum atomic E-state index is 3.92.